The first-order chi connectivity index (χ1) is 6.70. The topological polar surface area (TPSA) is 58.0 Å². The zero-order valence-electron chi connectivity index (χ0n) is 7.57. The van der Waals surface area contributed by atoms with Crippen LogP contribution in [0.4, 0.5) is 0 Å². The van der Waals surface area contributed by atoms with Gasteiger partial charge in [0.1, 0.15) is 0 Å². The van der Waals surface area contributed by atoms with Gasteiger partial charge in [0.05, 0.1) is 10.9 Å². The summed E-state index contributed by atoms with van der Waals surface area (Å²) in [6, 6.07) is 5.49. The van der Waals surface area contributed by atoms with Crippen LogP contribution in [-0.4, -0.2) is 12.0 Å². The lowest BCUT2D eigenvalue weighted by Gasteiger charge is -2.08. The Hall–Kier alpha value is -1.20. The number of oxazole rings is 1. The molecule has 1 unspecified atom stereocenters. The smallest absolute Gasteiger partial charge is 0.408 e. The molecule has 0 radical (unpaired) electrons. The Morgan fingerprint density at radius 3 is 3.07 bits per heavy atom. The average molecular weight is 210 g/mol. The highest BCUT2D eigenvalue weighted by atomic mass is 32.1. The Labute approximate surface area is 85.7 Å². The van der Waals surface area contributed by atoms with Crippen LogP contribution >= 0.6 is 12.6 Å². The van der Waals surface area contributed by atoms with E-state index in [2.05, 4.69) is 22.9 Å². The van der Waals surface area contributed by atoms with Crippen LogP contribution in [0.2, 0.25) is 0 Å². The highest BCUT2D eigenvalue weighted by Crippen LogP contribution is 2.20. The summed E-state index contributed by atoms with van der Waals surface area (Å²) in [5.74, 6) is -0.433. The summed E-state index contributed by atoms with van der Waals surface area (Å²) in [5.41, 5.74) is 2.23. The lowest BCUT2D eigenvalue weighted by Crippen LogP contribution is -2.09. The van der Waals surface area contributed by atoms with E-state index in [4.69, 9.17) is 4.42 Å². The van der Waals surface area contributed by atoms with Crippen molar-refractivity contribution in [3.63, 3.8) is 0 Å². The standard InChI is InChI=1S/C9H10N2O2S/c1-10-8(14)5-2-3-6-7(4-5)13-9(12)11-6/h2-4,8,10,14H,1H3,(H,11,12). The fourth-order valence-corrected chi connectivity index (χ4v) is 1.46. The number of H-pyrrole nitrogens is 1. The number of fused-ring (bicyclic) bond motifs is 1. The van der Waals surface area contributed by atoms with Crippen molar-refractivity contribution in [3.05, 3.63) is 34.3 Å². The summed E-state index contributed by atoms with van der Waals surface area (Å²) in [6.45, 7) is 0. The molecule has 14 heavy (non-hydrogen) atoms. The monoisotopic (exact) mass is 210 g/mol. The number of nitrogens with one attached hydrogen (secondary N) is 2. The van der Waals surface area contributed by atoms with Crippen molar-refractivity contribution in [1.29, 1.82) is 0 Å². The molecule has 2 aromatic rings. The van der Waals surface area contributed by atoms with Crippen molar-refractivity contribution in [1.82, 2.24) is 10.3 Å². The molecule has 5 heteroatoms. The second kappa shape index (κ2) is 3.51. The van der Waals surface area contributed by atoms with Gasteiger partial charge in [0.25, 0.3) is 0 Å². The Balaban J connectivity index is 2.55. The molecule has 4 nitrogen and oxygen atoms in total. The number of hydrogen-bond donors (Lipinski definition) is 3. The highest BCUT2D eigenvalue weighted by Gasteiger charge is 2.06. The summed E-state index contributed by atoms with van der Waals surface area (Å²) in [5, 5.41) is 2.93. The van der Waals surface area contributed by atoms with Crippen molar-refractivity contribution in [2.24, 2.45) is 0 Å². The van der Waals surface area contributed by atoms with Crippen LogP contribution in [0.3, 0.4) is 0 Å². The fourth-order valence-electron chi connectivity index (χ4n) is 1.30. The lowest BCUT2D eigenvalue weighted by atomic mass is 10.2. The molecule has 1 aromatic carbocycles. The number of thiol groups is 1. The molecule has 1 heterocycles. The van der Waals surface area contributed by atoms with Crippen molar-refractivity contribution < 1.29 is 4.42 Å². The summed E-state index contributed by atoms with van der Waals surface area (Å²) >= 11 is 4.31. The van der Waals surface area contributed by atoms with Gasteiger partial charge in [-0.25, -0.2) is 4.79 Å². The summed E-state index contributed by atoms with van der Waals surface area (Å²) in [4.78, 5) is 13.5. The van der Waals surface area contributed by atoms with Gasteiger partial charge >= 0.3 is 5.76 Å². The van der Waals surface area contributed by atoms with Gasteiger partial charge in [0, 0.05) is 0 Å². The van der Waals surface area contributed by atoms with E-state index >= 15 is 0 Å². The van der Waals surface area contributed by atoms with Crippen LogP contribution in [0.1, 0.15) is 10.9 Å². The predicted molar refractivity (Wildman–Crippen MR) is 57.6 cm³/mol. The first-order valence-corrected chi connectivity index (χ1v) is 4.70. The van der Waals surface area contributed by atoms with E-state index in [-0.39, 0.29) is 5.37 Å². The van der Waals surface area contributed by atoms with E-state index in [1.54, 1.807) is 12.1 Å². The number of aromatic nitrogens is 1. The molecule has 74 valence electrons. The van der Waals surface area contributed by atoms with E-state index in [1.165, 1.54) is 0 Å². The third-order valence-corrected chi connectivity index (χ3v) is 2.59. The Kier molecular flexibility index (Phi) is 2.35. The molecule has 0 saturated heterocycles. The summed E-state index contributed by atoms with van der Waals surface area (Å²) < 4.78 is 4.93. The first-order valence-electron chi connectivity index (χ1n) is 4.19. The highest BCUT2D eigenvalue weighted by molar-refractivity contribution is 7.80. The number of aromatic amines is 1. The van der Waals surface area contributed by atoms with Crippen LogP contribution in [0.5, 0.6) is 0 Å². The van der Waals surface area contributed by atoms with Gasteiger partial charge in [-0.1, -0.05) is 6.07 Å². The zero-order chi connectivity index (χ0) is 10.1. The Morgan fingerprint density at radius 2 is 2.36 bits per heavy atom. The molecule has 0 bridgehead atoms. The number of benzene rings is 1. The van der Waals surface area contributed by atoms with Crippen molar-refractivity contribution in [2.45, 2.75) is 5.37 Å². The minimum atomic E-state index is -0.433. The molecule has 2 rings (SSSR count). The van der Waals surface area contributed by atoms with Gasteiger partial charge in [-0.15, -0.1) is 0 Å². The third kappa shape index (κ3) is 1.56. The van der Waals surface area contributed by atoms with Crippen molar-refractivity contribution >= 4 is 23.7 Å². The molecule has 0 fully saturated rings. The van der Waals surface area contributed by atoms with Crippen LogP contribution in [-0.2, 0) is 0 Å². The van der Waals surface area contributed by atoms with E-state index < -0.39 is 5.76 Å². The molecular formula is C9H10N2O2S. The maximum absolute atomic E-state index is 10.9. The molecular weight excluding hydrogens is 200 g/mol. The van der Waals surface area contributed by atoms with E-state index in [1.807, 2.05) is 13.1 Å². The maximum atomic E-state index is 10.9. The largest absolute Gasteiger partial charge is 0.417 e. The van der Waals surface area contributed by atoms with Gasteiger partial charge in [0.15, 0.2) is 5.58 Å². The second-order valence-corrected chi connectivity index (χ2v) is 3.48. The molecule has 0 spiro atoms. The van der Waals surface area contributed by atoms with E-state index in [0.29, 0.717) is 11.1 Å². The quantitative estimate of drug-likeness (QED) is 0.517. The zero-order valence-corrected chi connectivity index (χ0v) is 8.47. The van der Waals surface area contributed by atoms with E-state index in [0.717, 1.165) is 5.56 Å². The predicted octanol–water partition coefficient (Wildman–Crippen LogP) is 1.27. The first kappa shape index (κ1) is 9.36. The van der Waals surface area contributed by atoms with Gasteiger partial charge < -0.3 is 9.73 Å². The lowest BCUT2D eigenvalue weighted by molar-refractivity contribution is 0.555. The number of hydrogen-bond acceptors (Lipinski definition) is 4. The van der Waals surface area contributed by atoms with Gasteiger partial charge in [-0.05, 0) is 24.7 Å². The molecule has 0 saturated carbocycles. The average Bonchev–Trinajstić information content (AvgIpc) is 2.55. The molecule has 0 aliphatic rings. The van der Waals surface area contributed by atoms with Crippen molar-refractivity contribution in [2.75, 3.05) is 7.05 Å². The third-order valence-electron chi connectivity index (χ3n) is 2.03. The molecule has 0 amide bonds. The van der Waals surface area contributed by atoms with Crippen LogP contribution in [0, 0.1) is 0 Å². The van der Waals surface area contributed by atoms with Gasteiger partial charge in [0.2, 0.25) is 0 Å². The molecule has 1 aromatic heterocycles. The van der Waals surface area contributed by atoms with Gasteiger partial charge in [-0.2, -0.15) is 12.6 Å². The Bertz CT molecular complexity index is 503. The fraction of sp³-hybridized carbons (Fsp3) is 0.222. The summed E-state index contributed by atoms with van der Waals surface area (Å²) in [7, 11) is 1.81. The minimum absolute atomic E-state index is 0.0559. The minimum Gasteiger partial charge on any atom is -0.408 e. The van der Waals surface area contributed by atoms with Crippen LogP contribution in [0.25, 0.3) is 11.1 Å². The van der Waals surface area contributed by atoms with E-state index in [9.17, 15) is 4.79 Å². The second-order valence-electron chi connectivity index (χ2n) is 2.96. The SMILES string of the molecule is CNC(S)c1ccc2[nH]c(=O)oc2c1. The normalized spacial score (nSPS) is 13.3. The molecule has 2 N–H and O–H groups in total. The molecule has 0 aliphatic carbocycles. The molecule has 0 aliphatic heterocycles. The molecule has 1 atom stereocenters. The van der Waals surface area contributed by atoms with Gasteiger partial charge in [-0.3, -0.25) is 4.98 Å². The number of rotatable bonds is 2. The maximum Gasteiger partial charge on any atom is 0.417 e. The van der Waals surface area contributed by atoms with Crippen LogP contribution in [0.15, 0.2) is 27.4 Å². The van der Waals surface area contributed by atoms with Crippen LogP contribution < -0.4 is 11.1 Å². The summed E-state index contributed by atoms with van der Waals surface area (Å²) in [6.07, 6.45) is 0. The Morgan fingerprint density at radius 1 is 1.57 bits per heavy atom. The van der Waals surface area contributed by atoms with Crippen molar-refractivity contribution in [3.8, 4) is 0 Å².